The SMILES string of the molecule is CCCCCCCCCC/C=C/CCCCCCCCCCCCCCCCCCCCCCCCCCCCC(CC(=O)OCCCCCCCC)C(=O)N(CCCCCCCC)CCCCCCCC. The Kier molecular flexibility index (Phi) is 61.1. The van der Waals surface area contributed by atoms with Crippen LogP contribution in [0.3, 0.4) is 0 Å². The number of rotatable bonds is 62. The van der Waals surface area contributed by atoms with Gasteiger partial charge in [0.15, 0.2) is 0 Å². The molecule has 1 amide bonds. The summed E-state index contributed by atoms with van der Waals surface area (Å²) in [5.41, 5.74) is 0. The van der Waals surface area contributed by atoms with Gasteiger partial charge in [0.05, 0.1) is 13.0 Å². The first-order valence-corrected chi connectivity index (χ1v) is 33.7. The second-order valence-electron chi connectivity index (χ2n) is 23.3. The Morgan fingerprint density at radius 1 is 0.319 bits per heavy atom. The summed E-state index contributed by atoms with van der Waals surface area (Å²) >= 11 is 0. The van der Waals surface area contributed by atoms with Crippen LogP contribution in [0.15, 0.2) is 12.2 Å². The fraction of sp³-hybridized carbons (Fsp3) is 0.941. The summed E-state index contributed by atoms with van der Waals surface area (Å²) in [4.78, 5) is 29.5. The molecule has 0 aliphatic carbocycles. The van der Waals surface area contributed by atoms with Crippen molar-refractivity contribution in [1.82, 2.24) is 4.90 Å². The van der Waals surface area contributed by atoms with E-state index in [1.165, 1.54) is 315 Å². The third kappa shape index (κ3) is 54.9. The molecule has 0 fully saturated rings. The molecule has 0 radical (unpaired) electrons. The number of carbonyl (C=O) groups excluding carboxylic acids is 2. The summed E-state index contributed by atoms with van der Waals surface area (Å²) in [6, 6.07) is 0. The van der Waals surface area contributed by atoms with E-state index >= 15 is 0 Å². The molecular weight excluding hydrogens is 879 g/mol. The number of hydrogen-bond donors (Lipinski definition) is 0. The Hall–Kier alpha value is -1.32. The van der Waals surface area contributed by atoms with E-state index in [4.69, 9.17) is 4.74 Å². The van der Waals surface area contributed by atoms with Gasteiger partial charge in [0.2, 0.25) is 5.91 Å². The van der Waals surface area contributed by atoms with Crippen LogP contribution in [0.2, 0.25) is 0 Å². The van der Waals surface area contributed by atoms with Crippen LogP contribution in [0.4, 0.5) is 0 Å². The third-order valence-corrected chi connectivity index (χ3v) is 16.0. The van der Waals surface area contributed by atoms with Gasteiger partial charge in [-0.05, 0) is 51.4 Å². The number of amides is 1. The minimum absolute atomic E-state index is 0.156. The van der Waals surface area contributed by atoms with Crippen molar-refractivity contribution in [3.8, 4) is 0 Å². The highest BCUT2D eigenvalue weighted by atomic mass is 16.5. The van der Waals surface area contributed by atoms with Gasteiger partial charge in [-0.2, -0.15) is 0 Å². The predicted octanol–water partition coefficient (Wildman–Crippen LogP) is 23.5. The molecule has 0 heterocycles. The van der Waals surface area contributed by atoms with Crippen molar-refractivity contribution in [3.05, 3.63) is 12.2 Å². The molecule has 4 heteroatoms. The van der Waals surface area contributed by atoms with Gasteiger partial charge >= 0.3 is 5.97 Å². The molecule has 4 nitrogen and oxygen atoms in total. The number of nitrogens with zero attached hydrogens (tertiary/aromatic N) is 1. The van der Waals surface area contributed by atoms with Gasteiger partial charge in [-0.15, -0.1) is 0 Å². The van der Waals surface area contributed by atoms with Crippen molar-refractivity contribution in [1.29, 1.82) is 0 Å². The molecule has 0 aliphatic rings. The predicted molar refractivity (Wildman–Crippen MR) is 321 cm³/mol. The van der Waals surface area contributed by atoms with Gasteiger partial charge in [-0.3, -0.25) is 9.59 Å². The normalized spacial score (nSPS) is 12.1. The van der Waals surface area contributed by atoms with Crippen LogP contribution < -0.4 is 0 Å². The van der Waals surface area contributed by atoms with Gasteiger partial charge in [-0.1, -0.05) is 342 Å². The molecule has 72 heavy (non-hydrogen) atoms. The lowest BCUT2D eigenvalue weighted by Gasteiger charge is -2.27. The maximum Gasteiger partial charge on any atom is 0.306 e. The van der Waals surface area contributed by atoms with Crippen LogP contribution in [0.1, 0.15) is 387 Å². The van der Waals surface area contributed by atoms with Crippen LogP contribution in [0, 0.1) is 5.92 Å². The third-order valence-electron chi connectivity index (χ3n) is 16.0. The molecule has 0 bridgehead atoms. The quantitative estimate of drug-likeness (QED) is 0.0346. The minimum atomic E-state index is -0.228. The Bertz CT molecular complexity index is 1060. The first-order valence-electron chi connectivity index (χ1n) is 33.7. The van der Waals surface area contributed by atoms with Crippen molar-refractivity contribution < 1.29 is 14.3 Å². The Morgan fingerprint density at radius 2 is 0.569 bits per heavy atom. The molecule has 428 valence electrons. The molecule has 1 atom stereocenters. The smallest absolute Gasteiger partial charge is 0.306 e. The molecule has 0 saturated carbocycles. The summed E-state index contributed by atoms with van der Waals surface area (Å²) in [5, 5.41) is 0. The zero-order chi connectivity index (χ0) is 52.2. The highest BCUT2D eigenvalue weighted by Crippen LogP contribution is 2.22. The number of esters is 1. The standard InChI is InChI=1S/C68H133NO3/c1-5-9-13-17-21-22-23-24-25-26-27-28-29-30-31-32-33-34-35-36-37-38-39-40-41-42-43-44-45-46-47-48-49-50-51-52-53-57-61-66(65-67(70)72-64-60-56-20-16-12-8-4)68(71)69(62-58-54-18-14-10-6-2)63-59-55-19-15-11-7-3/h26-27,66H,5-25,28-65H2,1-4H3/b27-26+. The zero-order valence-corrected chi connectivity index (χ0v) is 50.1. The fourth-order valence-electron chi connectivity index (χ4n) is 10.9. The molecule has 0 aliphatic heterocycles. The monoisotopic (exact) mass is 1010 g/mol. The highest BCUT2D eigenvalue weighted by Gasteiger charge is 2.27. The zero-order valence-electron chi connectivity index (χ0n) is 50.1. The largest absolute Gasteiger partial charge is 0.466 e. The number of hydrogen-bond acceptors (Lipinski definition) is 3. The van der Waals surface area contributed by atoms with E-state index in [2.05, 4.69) is 44.7 Å². The van der Waals surface area contributed by atoms with E-state index in [-0.39, 0.29) is 24.2 Å². The molecule has 1 unspecified atom stereocenters. The van der Waals surface area contributed by atoms with Crippen molar-refractivity contribution in [2.24, 2.45) is 5.92 Å². The second kappa shape index (κ2) is 62.2. The summed E-state index contributed by atoms with van der Waals surface area (Å²) in [6.07, 6.45) is 78.3. The lowest BCUT2D eigenvalue weighted by atomic mass is 9.95. The van der Waals surface area contributed by atoms with Gasteiger partial charge < -0.3 is 9.64 Å². The van der Waals surface area contributed by atoms with E-state index in [0.717, 1.165) is 51.6 Å². The van der Waals surface area contributed by atoms with Crippen molar-refractivity contribution in [2.45, 2.75) is 387 Å². The van der Waals surface area contributed by atoms with Crippen LogP contribution in [0.25, 0.3) is 0 Å². The summed E-state index contributed by atoms with van der Waals surface area (Å²) in [5.74, 6) is -0.153. The van der Waals surface area contributed by atoms with Crippen LogP contribution in [-0.2, 0) is 14.3 Å². The minimum Gasteiger partial charge on any atom is -0.466 e. The molecule has 0 saturated heterocycles. The highest BCUT2D eigenvalue weighted by molar-refractivity contribution is 5.83. The molecular formula is C68H133NO3. The molecule has 0 rings (SSSR count). The van der Waals surface area contributed by atoms with E-state index in [9.17, 15) is 9.59 Å². The summed E-state index contributed by atoms with van der Waals surface area (Å²) < 4.78 is 5.75. The van der Waals surface area contributed by atoms with Crippen LogP contribution in [0.5, 0.6) is 0 Å². The molecule has 0 N–H and O–H groups in total. The van der Waals surface area contributed by atoms with E-state index in [0.29, 0.717) is 6.61 Å². The average Bonchev–Trinajstić information content (AvgIpc) is 3.38. The van der Waals surface area contributed by atoms with Gasteiger partial charge in [-0.25, -0.2) is 0 Å². The second-order valence-corrected chi connectivity index (χ2v) is 23.3. The molecule has 0 aromatic heterocycles. The number of ether oxygens (including phenoxy) is 1. The van der Waals surface area contributed by atoms with Crippen molar-refractivity contribution in [2.75, 3.05) is 19.7 Å². The van der Waals surface area contributed by atoms with E-state index < -0.39 is 0 Å². The maximum atomic E-state index is 14.2. The lowest BCUT2D eigenvalue weighted by molar-refractivity contribution is -0.149. The van der Waals surface area contributed by atoms with Crippen LogP contribution >= 0.6 is 0 Å². The summed E-state index contributed by atoms with van der Waals surface area (Å²) in [7, 11) is 0. The molecule has 0 spiro atoms. The van der Waals surface area contributed by atoms with Gasteiger partial charge in [0.25, 0.3) is 0 Å². The molecule has 0 aromatic rings. The Morgan fingerprint density at radius 3 is 0.875 bits per heavy atom. The fourth-order valence-corrected chi connectivity index (χ4v) is 10.9. The summed E-state index contributed by atoms with van der Waals surface area (Å²) in [6.45, 7) is 11.3. The topological polar surface area (TPSA) is 46.6 Å². The lowest BCUT2D eigenvalue weighted by Crippen LogP contribution is -2.38. The average molecular weight is 1010 g/mol. The van der Waals surface area contributed by atoms with Crippen molar-refractivity contribution >= 4 is 11.9 Å². The van der Waals surface area contributed by atoms with E-state index in [1.807, 2.05) is 0 Å². The van der Waals surface area contributed by atoms with Gasteiger partial charge in [0.1, 0.15) is 0 Å². The molecule has 0 aromatic carbocycles. The number of allylic oxidation sites excluding steroid dienone is 2. The number of unbranched alkanes of at least 4 members (excludes halogenated alkanes) is 49. The van der Waals surface area contributed by atoms with Crippen LogP contribution in [-0.4, -0.2) is 36.5 Å². The Balaban J connectivity index is 4.04. The maximum absolute atomic E-state index is 14.2. The number of carbonyl (C=O) groups is 2. The Labute approximate surface area is 454 Å². The van der Waals surface area contributed by atoms with E-state index in [1.54, 1.807) is 0 Å². The van der Waals surface area contributed by atoms with Crippen molar-refractivity contribution in [3.63, 3.8) is 0 Å². The first kappa shape index (κ1) is 70.7. The van der Waals surface area contributed by atoms with Gasteiger partial charge in [0, 0.05) is 19.0 Å². The first-order chi connectivity index (χ1) is 35.6.